The van der Waals surface area contributed by atoms with Crippen molar-refractivity contribution in [2.45, 2.75) is 244 Å². The number of hydrogen-bond acceptors (Lipinski definition) is 20. The van der Waals surface area contributed by atoms with Gasteiger partial charge in [0.1, 0.15) is 35.7 Å². The monoisotopic (exact) mass is 1170 g/mol. The van der Waals surface area contributed by atoms with Crippen LogP contribution in [0.1, 0.15) is 128 Å². The number of aliphatic hydroxyl groups is 4. The molecule has 1 spiro atoms. The molecule has 0 aromatic heterocycles. The van der Waals surface area contributed by atoms with Crippen LogP contribution < -0.4 is 10.5 Å². The number of nitrogens with one attached hydrogen (secondary N) is 2. The molecule has 2 bridgehead atoms. The van der Waals surface area contributed by atoms with Gasteiger partial charge in [-0.3, -0.25) is 4.79 Å². The normalized spacial score (nSPS) is 48.1. The molecule has 5 aliphatic heterocycles. The van der Waals surface area contributed by atoms with Crippen LogP contribution in [0.2, 0.25) is 0 Å². The number of allylic oxidation sites excluding steroid dienone is 4. The molecule has 9 rings (SSSR count). The number of aliphatic hydroxyl groups excluding tert-OH is 4. The van der Waals surface area contributed by atoms with Crippen molar-refractivity contribution < 1.29 is 97.3 Å². The number of fused-ring (bicyclic) bond motifs is 4. The lowest BCUT2D eigenvalue weighted by Crippen LogP contribution is -3.17. The standard InChI is InChI=1S/C61H92N2O20/c1-27-15-18-42(79-47-26-59(11,63(71)72)54(36(10)78-47)62-58(70)74-14)29(3)21-37-20-28(2)32(6)25-61(37)56(68)48(57(69)83-61)55(67)60(12)39(27)17-16-38-49(60)30(4)19-31(5)51(38)81-46-24-43(50(66)33(7)75-46)80-44-23-41(65)53(35(9)77-44)82-45-22-40(64)52(73-13)34(8)76-45/h15-17,20-21,30-47,49-54,63-67,71H,18-19,22-26H2,1-14H3,(H,62,70)/t30-,31-,32+,33-,34-,35-,36+,37-,38-,39-,40+,41+,42-,43+,44-,45+,46-,47-,49+,50-,51-,52-,53-,54-,59-,60+,61-/m0/s1. The van der Waals surface area contributed by atoms with Crippen molar-refractivity contribution >= 4 is 17.8 Å². The maximum absolute atomic E-state index is 15.5. The first-order valence-corrected chi connectivity index (χ1v) is 29.9. The summed E-state index contributed by atoms with van der Waals surface area (Å²) in [5.74, 6) is -4.29. The van der Waals surface area contributed by atoms with Gasteiger partial charge in [0.15, 0.2) is 36.3 Å². The first-order chi connectivity index (χ1) is 39.1. The minimum atomic E-state index is -1.70. The fraction of sp³-hybridized carbons (Fsp3) is 0.787. The number of hydroxylamine groups is 2. The van der Waals surface area contributed by atoms with Gasteiger partial charge in [-0.15, -0.1) is 0 Å². The summed E-state index contributed by atoms with van der Waals surface area (Å²) >= 11 is 0. The molecule has 1 saturated carbocycles. The number of amides is 1. The number of methoxy groups -OCH3 is 2. The van der Waals surface area contributed by atoms with Crippen molar-refractivity contribution in [2.24, 2.45) is 46.8 Å². The molecule has 466 valence electrons. The molecule has 6 fully saturated rings. The van der Waals surface area contributed by atoms with Crippen molar-refractivity contribution in [1.82, 2.24) is 5.32 Å². The molecule has 22 nitrogen and oxygen atoms in total. The Morgan fingerprint density at radius 2 is 1.33 bits per heavy atom. The summed E-state index contributed by atoms with van der Waals surface area (Å²) in [4.78, 5) is 42.7. The average molecular weight is 1170 g/mol. The molecule has 0 radical (unpaired) electrons. The molecule has 28 atom stereocenters. The summed E-state index contributed by atoms with van der Waals surface area (Å²) < 4.78 is 68.2. The zero-order chi connectivity index (χ0) is 60.5. The lowest BCUT2D eigenvalue weighted by molar-refractivity contribution is -1.09. The smallest absolute Gasteiger partial charge is 0.407 e. The number of quaternary nitrogens is 1. The van der Waals surface area contributed by atoms with Crippen LogP contribution in [0.4, 0.5) is 4.79 Å². The van der Waals surface area contributed by atoms with Gasteiger partial charge < -0.3 is 83.1 Å². The third-order valence-electron chi connectivity index (χ3n) is 20.4. The van der Waals surface area contributed by atoms with E-state index in [1.165, 1.54) is 21.1 Å². The van der Waals surface area contributed by atoms with Crippen LogP contribution in [0.3, 0.4) is 0 Å². The Labute approximate surface area is 487 Å². The largest absolute Gasteiger partial charge is 0.600 e. The van der Waals surface area contributed by atoms with Gasteiger partial charge in [-0.25, -0.2) is 20.0 Å². The first-order valence-electron chi connectivity index (χ1n) is 29.9. The Kier molecular flexibility index (Phi) is 19.1. The number of esters is 1. The van der Waals surface area contributed by atoms with E-state index in [2.05, 4.69) is 25.2 Å². The van der Waals surface area contributed by atoms with Crippen molar-refractivity contribution in [1.29, 1.82) is 0 Å². The van der Waals surface area contributed by atoms with Gasteiger partial charge in [0.05, 0.1) is 68.5 Å². The quantitative estimate of drug-likeness (QED) is 0.0613. The zero-order valence-electron chi connectivity index (χ0n) is 50.6. The second-order valence-electron chi connectivity index (χ2n) is 26.1. The van der Waals surface area contributed by atoms with Gasteiger partial charge in [-0.2, -0.15) is 0 Å². The molecule has 5 saturated heterocycles. The molecule has 0 aromatic carbocycles. The number of alkyl carbamates (subject to hydrolysis) is 1. The highest BCUT2D eigenvalue weighted by Crippen LogP contribution is 2.61. The fourth-order valence-electron chi connectivity index (χ4n) is 15.8. The highest BCUT2D eigenvalue weighted by molar-refractivity contribution is 6.26. The highest BCUT2D eigenvalue weighted by atomic mass is 16.8. The van der Waals surface area contributed by atoms with E-state index in [4.69, 9.17) is 52.1 Å². The number of Topliss-reactive ketones (excluding diaryl/α,β-unsaturated/α-hetero) is 1. The minimum absolute atomic E-state index is 0.0265. The summed E-state index contributed by atoms with van der Waals surface area (Å²) in [7, 11) is 2.71. The third-order valence-corrected chi connectivity index (χ3v) is 20.4. The Hall–Kier alpha value is -3.69. The molecule has 22 heteroatoms. The third kappa shape index (κ3) is 12.0. The molecule has 4 aliphatic carbocycles. The molecule has 5 heterocycles. The molecule has 83 heavy (non-hydrogen) atoms. The van der Waals surface area contributed by atoms with E-state index >= 15 is 4.79 Å². The van der Waals surface area contributed by atoms with Crippen LogP contribution in [0.15, 0.2) is 58.4 Å². The van der Waals surface area contributed by atoms with Crippen molar-refractivity contribution in [3.63, 3.8) is 0 Å². The van der Waals surface area contributed by atoms with E-state index in [1.807, 2.05) is 58.9 Å². The van der Waals surface area contributed by atoms with Gasteiger partial charge in [0.25, 0.3) is 0 Å². The van der Waals surface area contributed by atoms with E-state index in [0.29, 0.717) is 12.0 Å². The molecule has 9 aliphatic rings. The second-order valence-corrected chi connectivity index (χ2v) is 26.1. The fourth-order valence-corrected chi connectivity index (χ4v) is 15.8. The maximum atomic E-state index is 15.5. The summed E-state index contributed by atoms with van der Waals surface area (Å²) in [6, 6.07) is -0.957. The predicted molar refractivity (Wildman–Crippen MR) is 295 cm³/mol. The molecular weight excluding hydrogens is 1080 g/mol. The average Bonchev–Trinajstić information content (AvgIpc) is 1.91. The summed E-state index contributed by atoms with van der Waals surface area (Å²) in [6.45, 7) is 22.4. The van der Waals surface area contributed by atoms with Crippen LogP contribution in [-0.2, 0) is 61.7 Å². The van der Waals surface area contributed by atoms with Crippen LogP contribution in [0.25, 0.3) is 0 Å². The zero-order valence-corrected chi connectivity index (χ0v) is 50.6. The molecule has 0 aromatic rings. The van der Waals surface area contributed by atoms with E-state index in [1.54, 1.807) is 27.7 Å². The number of hydrogen-bond donors (Lipinski definition) is 7. The lowest BCUT2D eigenvalue weighted by Gasteiger charge is -2.56. The van der Waals surface area contributed by atoms with Gasteiger partial charge in [0.2, 0.25) is 5.78 Å². The molecule has 7 N–H and O–H groups in total. The van der Waals surface area contributed by atoms with Gasteiger partial charge >= 0.3 is 12.1 Å². The summed E-state index contributed by atoms with van der Waals surface area (Å²) in [6.07, 6.45) is -2.18. The van der Waals surface area contributed by atoms with Crippen LogP contribution >= 0.6 is 0 Å². The van der Waals surface area contributed by atoms with Gasteiger partial charge in [0, 0.05) is 56.0 Å². The Morgan fingerprint density at radius 1 is 0.723 bits per heavy atom. The maximum Gasteiger partial charge on any atom is 0.407 e. The topological polar surface area (TPSA) is 293 Å². The van der Waals surface area contributed by atoms with Crippen molar-refractivity contribution in [3.05, 3.63) is 63.6 Å². The molecule has 1 amide bonds. The van der Waals surface area contributed by atoms with Gasteiger partial charge in [-0.05, 0) is 97.5 Å². The van der Waals surface area contributed by atoms with Crippen LogP contribution in [0, 0.1) is 52.0 Å². The Balaban J connectivity index is 1.00. The van der Waals surface area contributed by atoms with E-state index in [-0.39, 0.29) is 73.5 Å². The lowest BCUT2D eigenvalue weighted by atomic mass is 9.49. The molecular formula is C61H92N2O20. The minimum Gasteiger partial charge on any atom is -0.600 e. The van der Waals surface area contributed by atoms with Crippen LogP contribution in [0.5, 0.6) is 0 Å². The molecule has 1 unspecified atom stereocenters. The SMILES string of the molecule is COC(=O)N[C@H]1[C@@H](C)O[C@@H](O[C@H]2CC=C(C)[C@@H]3C=C[C@@H]4[C@@H](O[C@H]5C[C@@H](O[C@H]6C[C@@H](O)[C@@H](O[C@@H]7C[C@@H](O)[C@@H](OC)[C@H](C)O7)[C@H](C)O6)[C@@H](O)[C@H](C)O5)[C@@H](C)C[C@H](C)[C@H]4[C@]3(C)C(O)=C3C(=O)O[C@]4(C[C@@H](C)C(C)=C[C@H]4C=C2C)C3=O)C[C@]1(C)[NH+]([O-])O. The first kappa shape index (κ1) is 63.8. The Morgan fingerprint density at radius 3 is 1.96 bits per heavy atom. The number of carbonyl (C=O) groups excluding carboxylic acids is 3. The number of ketones is 1. The number of carbonyl (C=O) groups is 3. The Bertz CT molecular complexity index is 2530. The summed E-state index contributed by atoms with van der Waals surface area (Å²) in [5.41, 5.74) is -2.40. The second kappa shape index (κ2) is 24.8. The predicted octanol–water partition coefficient (Wildman–Crippen LogP) is 5.10. The summed E-state index contributed by atoms with van der Waals surface area (Å²) in [5, 5.41) is 72.0. The van der Waals surface area contributed by atoms with Gasteiger partial charge in [-0.1, -0.05) is 69.2 Å². The van der Waals surface area contributed by atoms with E-state index < -0.39 is 162 Å². The van der Waals surface area contributed by atoms with E-state index in [9.17, 15) is 40.4 Å². The number of rotatable bonds is 11. The highest BCUT2D eigenvalue weighted by Gasteiger charge is 2.64. The number of ether oxygens (including phenoxy) is 11. The van der Waals surface area contributed by atoms with Crippen molar-refractivity contribution in [2.75, 3.05) is 14.2 Å². The van der Waals surface area contributed by atoms with Crippen LogP contribution in [-0.4, -0.2) is 173 Å². The van der Waals surface area contributed by atoms with Crippen molar-refractivity contribution in [3.8, 4) is 0 Å². The van der Waals surface area contributed by atoms with E-state index in [0.717, 1.165) is 11.1 Å².